The fourth-order valence-corrected chi connectivity index (χ4v) is 4.08. The first-order valence-electron chi connectivity index (χ1n) is 7.83. The number of benzene rings is 1. The van der Waals surface area contributed by atoms with Gasteiger partial charge in [0.2, 0.25) is 0 Å². The van der Waals surface area contributed by atoms with Crippen molar-refractivity contribution in [3.63, 3.8) is 0 Å². The Morgan fingerprint density at radius 3 is 2.48 bits per heavy atom. The minimum Gasteiger partial charge on any atom is -0.497 e. The van der Waals surface area contributed by atoms with Crippen LogP contribution >= 0.6 is 11.3 Å². The number of piperidine rings is 1. The van der Waals surface area contributed by atoms with E-state index in [0.29, 0.717) is 12.8 Å². The van der Waals surface area contributed by atoms with Crippen LogP contribution in [0.15, 0.2) is 41.8 Å². The van der Waals surface area contributed by atoms with Crippen LogP contribution in [0.2, 0.25) is 0 Å². The first-order valence-corrected chi connectivity index (χ1v) is 8.71. The van der Waals surface area contributed by atoms with Crippen molar-refractivity contribution in [2.24, 2.45) is 5.92 Å². The van der Waals surface area contributed by atoms with E-state index in [2.05, 4.69) is 34.5 Å². The number of carboxylic acid groups (broad SMARTS) is 1. The number of nitrogens with zero attached hydrogens (tertiary/aromatic N) is 1. The minimum atomic E-state index is -0.665. The van der Waals surface area contributed by atoms with Crippen LogP contribution in [0.4, 0.5) is 0 Å². The van der Waals surface area contributed by atoms with E-state index in [1.165, 1.54) is 10.4 Å². The summed E-state index contributed by atoms with van der Waals surface area (Å²) in [6.07, 6.45) is 1.43. The van der Waals surface area contributed by atoms with Crippen molar-refractivity contribution in [3.05, 3.63) is 52.2 Å². The zero-order valence-electron chi connectivity index (χ0n) is 13.1. The van der Waals surface area contributed by atoms with E-state index in [0.717, 1.165) is 18.8 Å². The van der Waals surface area contributed by atoms with E-state index in [4.69, 9.17) is 4.74 Å². The fourth-order valence-electron chi connectivity index (χ4n) is 3.19. The molecule has 0 radical (unpaired) electrons. The molecule has 23 heavy (non-hydrogen) atoms. The Morgan fingerprint density at radius 1 is 1.26 bits per heavy atom. The number of methoxy groups -OCH3 is 1. The number of ether oxygens (including phenoxy) is 1. The third kappa shape index (κ3) is 3.57. The minimum absolute atomic E-state index is 0.190. The maximum absolute atomic E-state index is 11.2. The molecule has 1 aliphatic rings. The van der Waals surface area contributed by atoms with Crippen LogP contribution in [0, 0.1) is 5.92 Å². The average Bonchev–Trinajstić information content (AvgIpc) is 3.10. The van der Waals surface area contributed by atoms with Gasteiger partial charge in [0.1, 0.15) is 5.75 Å². The fraction of sp³-hybridized carbons (Fsp3) is 0.389. The van der Waals surface area contributed by atoms with Gasteiger partial charge in [-0.1, -0.05) is 18.2 Å². The maximum atomic E-state index is 11.2. The first-order chi connectivity index (χ1) is 11.2. The molecule has 3 rings (SSSR count). The molecule has 4 nitrogen and oxygen atoms in total. The van der Waals surface area contributed by atoms with Crippen molar-refractivity contribution in [3.8, 4) is 5.75 Å². The van der Waals surface area contributed by atoms with Gasteiger partial charge >= 0.3 is 5.97 Å². The number of thiophene rings is 1. The van der Waals surface area contributed by atoms with Crippen LogP contribution in [-0.4, -0.2) is 36.2 Å². The summed E-state index contributed by atoms with van der Waals surface area (Å²) in [6.45, 7) is 1.62. The SMILES string of the molecule is COc1ccc(C(c2cccs2)N2CCC(C(=O)O)CC2)cc1. The van der Waals surface area contributed by atoms with Crippen LogP contribution < -0.4 is 4.74 Å². The lowest BCUT2D eigenvalue weighted by Crippen LogP contribution is -2.39. The molecular weight excluding hydrogens is 310 g/mol. The first kappa shape index (κ1) is 16.0. The number of hydrogen-bond donors (Lipinski definition) is 1. The highest BCUT2D eigenvalue weighted by atomic mass is 32.1. The number of aliphatic carboxylic acids is 1. The van der Waals surface area contributed by atoms with E-state index in [9.17, 15) is 9.90 Å². The molecule has 0 saturated carbocycles. The zero-order valence-corrected chi connectivity index (χ0v) is 14.0. The van der Waals surface area contributed by atoms with Crippen LogP contribution in [-0.2, 0) is 4.79 Å². The van der Waals surface area contributed by atoms with E-state index in [1.807, 2.05) is 12.1 Å². The third-order valence-electron chi connectivity index (χ3n) is 4.49. The van der Waals surface area contributed by atoms with E-state index in [1.54, 1.807) is 18.4 Å². The Kier molecular flexibility index (Phi) is 4.98. The number of carbonyl (C=O) groups is 1. The monoisotopic (exact) mass is 331 g/mol. The predicted molar refractivity (Wildman–Crippen MR) is 91.1 cm³/mol. The van der Waals surface area contributed by atoms with Crippen molar-refractivity contribution in [2.45, 2.75) is 18.9 Å². The molecule has 1 aromatic heterocycles. The second-order valence-corrected chi connectivity index (χ2v) is 6.82. The molecule has 1 aliphatic heterocycles. The van der Waals surface area contributed by atoms with E-state index >= 15 is 0 Å². The van der Waals surface area contributed by atoms with Crippen molar-refractivity contribution in [2.75, 3.05) is 20.2 Å². The van der Waals surface area contributed by atoms with Gasteiger partial charge in [0.15, 0.2) is 0 Å². The Bertz CT molecular complexity index is 631. The standard InChI is InChI=1S/C18H21NO3S/c1-22-15-6-4-13(5-7-15)17(16-3-2-12-23-16)19-10-8-14(9-11-19)18(20)21/h2-7,12,14,17H,8-11H2,1H3,(H,20,21). The molecule has 1 unspecified atom stereocenters. The summed E-state index contributed by atoms with van der Waals surface area (Å²) in [5, 5.41) is 11.3. The van der Waals surface area contributed by atoms with Gasteiger partial charge in [-0.15, -0.1) is 11.3 Å². The Balaban J connectivity index is 1.83. The summed E-state index contributed by atoms with van der Waals surface area (Å²) in [5.41, 5.74) is 1.22. The lowest BCUT2D eigenvalue weighted by molar-refractivity contribution is -0.143. The quantitative estimate of drug-likeness (QED) is 0.909. The van der Waals surface area contributed by atoms with E-state index in [-0.39, 0.29) is 12.0 Å². The summed E-state index contributed by atoms with van der Waals surface area (Å²) in [6, 6.07) is 12.6. The number of rotatable bonds is 5. The highest BCUT2D eigenvalue weighted by Crippen LogP contribution is 2.35. The number of likely N-dealkylation sites (tertiary alicyclic amines) is 1. The molecule has 0 amide bonds. The van der Waals surface area contributed by atoms with Crippen LogP contribution in [0.5, 0.6) is 5.75 Å². The maximum Gasteiger partial charge on any atom is 0.306 e. The van der Waals surface area contributed by atoms with Crippen molar-refractivity contribution in [1.29, 1.82) is 0 Å². The molecule has 0 aliphatic carbocycles. The normalized spacial score (nSPS) is 17.8. The topological polar surface area (TPSA) is 49.8 Å². The van der Waals surface area contributed by atoms with Gasteiger partial charge in [0.05, 0.1) is 19.1 Å². The zero-order chi connectivity index (χ0) is 16.2. The van der Waals surface area contributed by atoms with Crippen molar-refractivity contribution in [1.82, 2.24) is 4.90 Å². The van der Waals surface area contributed by atoms with Crippen molar-refractivity contribution >= 4 is 17.3 Å². The summed E-state index contributed by atoms with van der Waals surface area (Å²) < 4.78 is 5.25. The molecule has 2 aromatic rings. The van der Waals surface area contributed by atoms with Crippen molar-refractivity contribution < 1.29 is 14.6 Å². The molecule has 1 N–H and O–H groups in total. The van der Waals surface area contributed by atoms with E-state index < -0.39 is 5.97 Å². The molecular formula is C18H21NO3S. The van der Waals surface area contributed by atoms with Crippen LogP contribution in [0.1, 0.15) is 29.3 Å². The summed E-state index contributed by atoms with van der Waals surface area (Å²) in [7, 11) is 1.67. The average molecular weight is 331 g/mol. The van der Waals surface area contributed by atoms with Gasteiger partial charge in [-0.3, -0.25) is 9.69 Å². The summed E-state index contributed by atoms with van der Waals surface area (Å²) in [4.78, 5) is 14.9. The van der Waals surface area contributed by atoms with Gasteiger partial charge in [-0.2, -0.15) is 0 Å². The highest BCUT2D eigenvalue weighted by Gasteiger charge is 2.30. The molecule has 1 aromatic carbocycles. The Labute approximate surface area is 140 Å². The molecule has 5 heteroatoms. The Hall–Kier alpha value is -1.85. The largest absolute Gasteiger partial charge is 0.497 e. The smallest absolute Gasteiger partial charge is 0.306 e. The number of carboxylic acids is 1. The molecule has 0 spiro atoms. The van der Waals surface area contributed by atoms with Crippen LogP contribution in [0.25, 0.3) is 0 Å². The summed E-state index contributed by atoms with van der Waals surface area (Å²) >= 11 is 1.75. The van der Waals surface area contributed by atoms with Gasteiger partial charge in [0, 0.05) is 4.88 Å². The second kappa shape index (κ2) is 7.15. The molecule has 1 saturated heterocycles. The lowest BCUT2D eigenvalue weighted by Gasteiger charge is -2.36. The molecule has 2 heterocycles. The predicted octanol–water partition coefficient (Wildman–Crippen LogP) is 3.64. The Morgan fingerprint density at radius 2 is 1.96 bits per heavy atom. The highest BCUT2D eigenvalue weighted by molar-refractivity contribution is 7.10. The van der Waals surface area contributed by atoms with Crippen LogP contribution in [0.3, 0.4) is 0 Å². The molecule has 1 atom stereocenters. The number of hydrogen-bond acceptors (Lipinski definition) is 4. The second-order valence-electron chi connectivity index (χ2n) is 5.84. The summed E-state index contributed by atoms with van der Waals surface area (Å²) in [5.74, 6) is -0.0175. The van der Waals surface area contributed by atoms with Gasteiger partial charge in [0.25, 0.3) is 0 Å². The molecule has 1 fully saturated rings. The van der Waals surface area contributed by atoms with Gasteiger partial charge in [-0.25, -0.2) is 0 Å². The molecule has 0 bridgehead atoms. The van der Waals surface area contributed by atoms with Gasteiger partial charge in [-0.05, 0) is 55.1 Å². The lowest BCUT2D eigenvalue weighted by atomic mass is 9.94. The van der Waals surface area contributed by atoms with Gasteiger partial charge < -0.3 is 9.84 Å². The third-order valence-corrected chi connectivity index (χ3v) is 5.41. The molecule has 122 valence electrons.